The lowest BCUT2D eigenvalue weighted by atomic mass is 9.97. The van der Waals surface area contributed by atoms with Crippen LogP contribution in [0.4, 0.5) is 0 Å². The smallest absolute Gasteiger partial charge is 0.261 e. The van der Waals surface area contributed by atoms with Crippen LogP contribution in [0.3, 0.4) is 0 Å². The van der Waals surface area contributed by atoms with Gasteiger partial charge in [-0.2, -0.15) is 0 Å². The van der Waals surface area contributed by atoms with Crippen LogP contribution in [-0.2, 0) is 9.59 Å². The first kappa shape index (κ1) is 15.9. The molecule has 21 heavy (non-hydrogen) atoms. The maximum Gasteiger partial charge on any atom is 0.261 e. The monoisotopic (exact) mass is 327 g/mol. The van der Waals surface area contributed by atoms with E-state index >= 15 is 0 Å². The Morgan fingerprint density at radius 1 is 1.24 bits per heavy atom. The van der Waals surface area contributed by atoms with Crippen molar-refractivity contribution in [1.29, 1.82) is 0 Å². The van der Waals surface area contributed by atoms with E-state index in [0.29, 0.717) is 0 Å². The Kier molecular flexibility index (Phi) is 4.30. The van der Waals surface area contributed by atoms with Crippen molar-refractivity contribution in [3.05, 3.63) is 39.4 Å². The molecule has 112 valence electrons. The fourth-order valence-electron chi connectivity index (χ4n) is 2.55. The van der Waals surface area contributed by atoms with E-state index in [2.05, 4.69) is 0 Å². The number of amides is 1. The largest absolute Gasteiger partial charge is 0.506 e. The predicted octanol–water partition coefficient (Wildman–Crippen LogP) is 3.33. The normalized spacial score (nSPS) is 21.4. The van der Waals surface area contributed by atoms with E-state index < -0.39 is 23.5 Å². The molecule has 1 amide bonds. The number of halogens is 2. The van der Waals surface area contributed by atoms with Gasteiger partial charge in [-0.15, -0.1) is 0 Å². The Labute approximate surface area is 133 Å². The second kappa shape index (κ2) is 5.70. The van der Waals surface area contributed by atoms with Gasteiger partial charge < -0.3 is 10.0 Å². The van der Waals surface area contributed by atoms with Gasteiger partial charge in [0.05, 0.1) is 21.7 Å². The molecule has 4 nitrogen and oxygen atoms in total. The molecule has 0 bridgehead atoms. The number of benzene rings is 1. The Bertz CT molecular complexity index is 632. The minimum Gasteiger partial charge on any atom is -0.506 e. The predicted molar refractivity (Wildman–Crippen MR) is 82.4 cm³/mol. The van der Waals surface area contributed by atoms with Crippen molar-refractivity contribution in [2.75, 3.05) is 7.05 Å². The molecule has 1 aromatic rings. The standard InChI is InChI=1S/C15H15Cl2NO3/c1-7(2)12-14(20)11(15(21)18(12)3)13(19)10-8(16)5-4-6-9(10)17/h4-7,12,19H,1-3H3/b13-11+. The molecule has 2 rings (SSSR count). The molecule has 1 aliphatic heterocycles. The zero-order valence-electron chi connectivity index (χ0n) is 11.9. The van der Waals surface area contributed by atoms with Crippen molar-refractivity contribution in [2.45, 2.75) is 19.9 Å². The van der Waals surface area contributed by atoms with E-state index in [1.165, 1.54) is 17.0 Å². The first-order chi connectivity index (χ1) is 9.77. The SMILES string of the molecule is CC(C)C1C(=O)/C(=C(\O)c2c(Cl)cccc2Cl)C(=O)N1C. The van der Waals surface area contributed by atoms with E-state index in [1.807, 2.05) is 13.8 Å². The van der Waals surface area contributed by atoms with Gasteiger partial charge in [0.15, 0.2) is 5.78 Å². The number of carbonyl (C=O) groups is 2. The van der Waals surface area contributed by atoms with Crippen LogP contribution < -0.4 is 0 Å². The maximum absolute atomic E-state index is 12.4. The zero-order chi connectivity index (χ0) is 15.9. The molecule has 1 unspecified atom stereocenters. The molecule has 1 heterocycles. The summed E-state index contributed by atoms with van der Waals surface area (Å²) in [6.07, 6.45) is 0. The van der Waals surface area contributed by atoms with Gasteiger partial charge in [0.25, 0.3) is 5.91 Å². The van der Waals surface area contributed by atoms with Gasteiger partial charge >= 0.3 is 0 Å². The topological polar surface area (TPSA) is 57.6 Å². The maximum atomic E-state index is 12.4. The van der Waals surface area contributed by atoms with Gasteiger partial charge in [0.2, 0.25) is 0 Å². The van der Waals surface area contributed by atoms with Crippen LogP contribution in [0.5, 0.6) is 0 Å². The number of ketones is 1. The van der Waals surface area contributed by atoms with Crippen LogP contribution in [0, 0.1) is 5.92 Å². The third kappa shape index (κ3) is 2.54. The van der Waals surface area contributed by atoms with Gasteiger partial charge in [-0.25, -0.2) is 0 Å². The average Bonchev–Trinajstić information content (AvgIpc) is 2.59. The van der Waals surface area contributed by atoms with Gasteiger partial charge in [-0.1, -0.05) is 43.1 Å². The number of hydrogen-bond acceptors (Lipinski definition) is 3. The molecule has 0 radical (unpaired) electrons. The van der Waals surface area contributed by atoms with E-state index in [9.17, 15) is 14.7 Å². The van der Waals surface area contributed by atoms with Crippen molar-refractivity contribution >= 4 is 40.7 Å². The van der Waals surface area contributed by atoms with E-state index in [0.717, 1.165) is 0 Å². The van der Waals surface area contributed by atoms with Gasteiger partial charge in [-0.3, -0.25) is 9.59 Å². The number of Topliss-reactive ketones (excluding diaryl/α,β-unsaturated/α-hetero) is 1. The molecule has 1 N–H and O–H groups in total. The lowest BCUT2D eigenvalue weighted by Crippen LogP contribution is -2.36. The van der Waals surface area contributed by atoms with Gasteiger partial charge in [0, 0.05) is 7.05 Å². The van der Waals surface area contributed by atoms with Gasteiger partial charge in [-0.05, 0) is 18.1 Å². The van der Waals surface area contributed by atoms with Crippen LogP contribution in [0.15, 0.2) is 23.8 Å². The second-order valence-corrected chi connectivity index (χ2v) is 6.10. The van der Waals surface area contributed by atoms with E-state index in [1.54, 1.807) is 13.1 Å². The summed E-state index contributed by atoms with van der Waals surface area (Å²) in [6.45, 7) is 3.68. The quantitative estimate of drug-likeness (QED) is 0.515. The van der Waals surface area contributed by atoms with Crippen LogP contribution >= 0.6 is 23.2 Å². The highest BCUT2D eigenvalue weighted by molar-refractivity contribution is 6.39. The van der Waals surface area contributed by atoms with E-state index in [-0.39, 0.29) is 27.1 Å². The fourth-order valence-corrected chi connectivity index (χ4v) is 3.13. The number of nitrogens with zero attached hydrogens (tertiary/aromatic N) is 1. The number of rotatable bonds is 2. The van der Waals surface area contributed by atoms with Gasteiger partial charge in [0.1, 0.15) is 11.3 Å². The molecule has 0 saturated carbocycles. The van der Waals surface area contributed by atoms with Crippen molar-refractivity contribution in [3.63, 3.8) is 0 Å². The van der Waals surface area contributed by atoms with Crippen LogP contribution in [0.1, 0.15) is 19.4 Å². The summed E-state index contributed by atoms with van der Waals surface area (Å²) in [5.41, 5.74) is -0.151. The molecule has 1 fully saturated rings. The summed E-state index contributed by atoms with van der Waals surface area (Å²) in [5.74, 6) is -1.45. The Morgan fingerprint density at radius 2 is 1.76 bits per heavy atom. The van der Waals surface area contributed by atoms with Crippen LogP contribution in [0.25, 0.3) is 5.76 Å². The summed E-state index contributed by atoms with van der Waals surface area (Å²) < 4.78 is 0. The summed E-state index contributed by atoms with van der Waals surface area (Å²) >= 11 is 12.0. The number of hydrogen-bond donors (Lipinski definition) is 1. The van der Waals surface area contributed by atoms with Crippen molar-refractivity contribution in [3.8, 4) is 0 Å². The number of carbonyl (C=O) groups excluding carboxylic acids is 2. The third-order valence-corrected chi connectivity index (χ3v) is 4.16. The highest BCUT2D eigenvalue weighted by Crippen LogP contribution is 2.35. The molecule has 0 aliphatic carbocycles. The Hall–Kier alpha value is -1.52. The van der Waals surface area contributed by atoms with Crippen LogP contribution in [-0.4, -0.2) is 34.8 Å². The molecule has 6 heteroatoms. The highest BCUT2D eigenvalue weighted by atomic mass is 35.5. The highest BCUT2D eigenvalue weighted by Gasteiger charge is 2.45. The third-order valence-electron chi connectivity index (χ3n) is 3.53. The lowest BCUT2D eigenvalue weighted by Gasteiger charge is -2.20. The second-order valence-electron chi connectivity index (χ2n) is 5.29. The minimum absolute atomic E-state index is 0.0570. The lowest BCUT2D eigenvalue weighted by molar-refractivity contribution is -0.126. The Morgan fingerprint density at radius 3 is 2.19 bits per heavy atom. The number of likely N-dealkylation sites (tertiary alicyclic amines) is 1. The summed E-state index contributed by atoms with van der Waals surface area (Å²) in [5, 5.41) is 10.8. The number of likely N-dealkylation sites (N-methyl/N-ethyl adjacent to an activating group) is 1. The molecule has 1 atom stereocenters. The average molecular weight is 328 g/mol. The summed E-state index contributed by atoms with van der Waals surface area (Å²) in [4.78, 5) is 26.0. The summed E-state index contributed by atoms with van der Waals surface area (Å²) in [6, 6.07) is 4.10. The molecular weight excluding hydrogens is 313 g/mol. The first-order valence-electron chi connectivity index (χ1n) is 6.46. The first-order valence-corrected chi connectivity index (χ1v) is 7.22. The minimum atomic E-state index is -0.587. The zero-order valence-corrected chi connectivity index (χ0v) is 13.4. The van der Waals surface area contributed by atoms with Crippen LogP contribution in [0.2, 0.25) is 10.0 Å². The van der Waals surface area contributed by atoms with Crippen molar-refractivity contribution in [2.24, 2.45) is 5.92 Å². The number of aliphatic hydroxyl groups excluding tert-OH is 1. The van der Waals surface area contributed by atoms with Crippen molar-refractivity contribution in [1.82, 2.24) is 4.90 Å². The van der Waals surface area contributed by atoms with E-state index in [4.69, 9.17) is 23.2 Å². The fraction of sp³-hybridized carbons (Fsp3) is 0.333. The molecule has 0 spiro atoms. The molecule has 0 aromatic heterocycles. The molecule has 1 saturated heterocycles. The molecular formula is C15H15Cl2NO3. The molecule has 1 aliphatic rings. The molecule has 1 aromatic carbocycles. The summed E-state index contributed by atoms with van der Waals surface area (Å²) in [7, 11) is 1.54. The Balaban J connectivity index is 2.63. The number of aliphatic hydroxyl groups is 1. The van der Waals surface area contributed by atoms with Crippen molar-refractivity contribution < 1.29 is 14.7 Å².